The summed E-state index contributed by atoms with van der Waals surface area (Å²) in [6.45, 7) is 5.32. The zero-order valence-electron chi connectivity index (χ0n) is 19.1. The van der Waals surface area contributed by atoms with Gasteiger partial charge in [-0.05, 0) is 51.1 Å². The van der Waals surface area contributed by atoms with Gasteiger partial charge in [0.25, 0.3) is 0 Å². The van der Waals surface area contributed by atoms with Gasteiger partial charge in [0.1, 0.15) is 41.3 Å². The van der Waals surface area contributed by atoms with E-state index in [0.717, 1.165) is 6.26 Å². The van der Waals surface area contributed by atoms with Crippen molar-refractivity contribution in [3.63, 3.8) is 0 Å². The summed E-state index contributed by atoms with van der Waals surface area (Å²) < 4.78 is 31.8. The van der Waals surface area contributed by atoms with Crippen LogP contribution in [0.15, 0.2) is 54.5 Å². The molecule has 0 aliphatic rings. The zero-order chi connectivity index (χ0) is 23.7. The summed E-state index contributed by atoms with van der Waals surface area (Å²) in [6.07, 6.45) is 1.09. The summed E-state index contributed by atoms with van der Waals surface area (Å²) in [6, 6.07) is 12.0. The van der Waals surface area contributed by atoms with Gasteiger partial charge in [-0.2, -0.15) is 0 Å². The number of hydrogen-bond donors (Lipinski definition) is 0. The molecule has 0 aliphatic heterocycles. The number of esters is 2. The molecule has 0 aliphatic carbocycles. The van der Waals surface area contributed by atoms with Crippen LogP contribution >= 0.6 is 0 Å². The first-order valence-corrected chi connectivity index (χ1v) is 9.79. The molecule has 0 radical (unpaired) electrons. The summed E-state index contributed by atoms with van der Waals surface area (Å²) >= 11 is 0. The van der Waals surface area contributed by atoms with Crippen LogP contribution in [-0.4, -0.2) is 38.9 Å². The van der Waals surface area contributed by atoms with Crippen LogP contribution in [-0.2, 0) is 25.6 Å². The number of benzene rings is 2. The van der Waals surface area contributed by atoms with Crippen LogP contribution in [0.4, 0.5) is 0 Å². The Hall–Kier alpha value is -3.68. The van der Waals surface area contributed by atoms with E-state index in [9.17, 15) is 9.59 Å². The van der Waals surface area contributed by atoms with Crippen LogP contribution < -0.4 is 14.2 Å². The minimum atomic E-state index is -0.762. The van der Waals surface area contributed by atoms with Crippen LogP contribution in [0.5, 0.6) is 17.2 Å². The van der Waals surface area contributed by atoms with E-state index in [1.807, 2.05) is 0 Å². The number of ether oxygens (including phenoxy) is 6. The van der Waals surface area contributed by atoms with Crippen molar-refractivity contribution in [2.45, 2.75) is 33.0 Å². The molecule has 0 atom stereocenters. The Balaban J connectivity index is 2.41. The van der Waals surface area contributed by atoms with E-state index in [-0.39, 0.29) is 23.7 Å². The maximum Gasteiger partial charge on any atom is 0.377 e. The van der Waals surface area contributed by atoms with Gasteiger partial charge in [-0.25, -0.2) is 9.59 Å². The van der Waals surface area contributed by atoms with Gasteiger partial charge < -0.3 is 28.4 Å². The van der Waals surface area contributed by atoms with Crippen molar-refractivity contribution in [3.05, 3.63) is 65.6 Å². The monoisotopic (exact) mass is 444 g/mol. The molecule has 2 rings (SSSR count). The van der Waals surface area contributed by atoms with E-state index in [1.54, 1.807) is 70.3 Å². The van der Waals surface area contributed by atoms with E-state index in [0.29, 0.717) is 17.1 Å². The lowest BCUT2D eigenvalue weighted by Crippen LogP contribution is -2.25. The van der Waals surface area contributed by atoms with Gasteiger partial charge in [-0.1, -0.05) is 12.1 Å². The number of carbonyl (C=O) groups is 2. The average molecular weight is 444 g/mol. The molecule has 8 nitrogen and oxygen atoms in total. The normalized spacial score (nSPS) is 11.4. The third-order valence-corrected chi connectivity index (χ3v) is 4.00. The Kier molecular flexibility index (Phi) is 8.52. The van der Waals surface area contributed by atoms with Crippen LogP contribution in [0.3, 0.4) is 0 Å². The molecule has 8 heteroatoms. The van der Waals surface area contributed by atoms with Crippen molar-refractivity contribution >= 4 is 11.9 Å². The third-order valence-electron chi connectivity index (χ3n) is 4.00. The maximum absolute atomic E-state index is 13.0. The highest BCUT2D eigenvalue weighted by Crippen LogP contribution is 2.29. The number of hydrogen-bond acceptors (Lipinski definition) is 8. The molecule has 0 heterocycles. The van der Waals surface area contributed by atoms with Crippen molar-refractivity contribution < 1.29 is 38.0 Å². The Morgan fingerprint density at radius 2 is 1.59 bits per heavy atom. The predicted molar refractivity (Wildman–Crippen MR) is 117 cm³/mol. The predicted octanol–water partition coefficient (Wildman–Crippen LogP) is 4.27. The third kappa shape index (κ3) is 6.94. The standard InChI is InChI=1S/C24H28O8/c1-24(2,3)32-23(26)21-16(14-30-18-12-10-17(28-5)11-13-18)8-7-9-19(21)31-20(15-27-4)22(25)29-6/h7-13,15H,14H2,1-6H3/b20-15+. The molecule has 0 spiro atoms. The second kappa shape index (κ2) is 11.1. The maximum atomic E-state index is 13.0. The molecular weight excluding hydrogens is 416 g/mol. The highest BCUT2D eigenvalue weighted by molar-refractivity contribution is 5.95. The van der Waals surface area contributed by atoms with E-state index in [4.69, 9.17) is 28.4 Å². The quantitative estimate of drug-likeness (QED) is 0.322. The molecule has 2 aromatic rings. The average Bonchev–Trinajstić information content (AvgIpc) is 2.76. The highest BCUT2D eigenvalue weighted by atomic mass is 16.6. The first-order valence-electron chi connectivity index (χ1n) is 9.79. The first kappa shape index (κ1) is 24.6. The van der Waals surface area contributed by atoms with Gasteiger partial charge in [0, 0.05) is 5.56 Å². The number of carbonyl (C=O) groups excluding carboxylic acids is 2. The fraction of sp³-hybridized carbons (Fsp3) is 0.333. The Morgan fingerprint density at radius 1 is 0.938 bits per heavy atom. The molecule has 0 fully saturated rings. The van der Waals surface area contributed by atoms with Crippen molar-refractivity contribution in [1.82, 2.24) is 0 Å². The SMILES string of the molecule is CO/C=C(/Oc1cccc(COc2ccc(OC)cc2)c1C(=O)OC(C)(C)C)C(=O)OC. The lowest BCUT2D eigenvalue weighted by atomic mass is 10.1. The largest absolute Gasteiger partial charge is 0.500 e. The van der Waals surface area contributed by atoms with Gasteiger partial charge >= 0.3 is 11.9 Å². The molecule has 0 unspecified atom stereocenters. The summed E-state index contributed by atoms with van der Waals surface area (Å²) in [5.41, 5.74) is -0.109. The molecule has 172 valence electrons. The van der Waals surface area contributed by atoms with Crippen molar-refractivity contribution in [3.8, 4) is 17.2 Å². The molecule has 32 heavy (non-hydrogen) atoms. The highest BCUT2D eigenvalue weighted by Gasteiger charge is 2.26. The fourth-order valence-corrected chi connectivity index (χ4v) is 2.62. The Labute approximate surface area is 187 Å². The van der Waals surface area contributed by atoms with E-state index < -0.39 is 17.5 Å². The fourth-order valence-electron chi connectivity index (χ4n) is 2.62. The van der Waals surface area contributed by atoms with Crippen molar-refractivity contribution in [2.75, 3.05) is 21.3 Å². The minimum Gasteiger partial charge on any atom is -0.500 e. The summed E-state index contributed by atoms with van der Waals surface area (Å²) in [5.74, 6) is -0.231. The van der Waals surface area contributed by atoms with Gasteiger partial charge in [0.15, 0.2) is 0 Å². The van der Waals surface area contributed by atoms with E-state index in [2.05, 4.69) is 0 Å². The smallest absolute Gasteiger partial charge is 0.377 e. The molecule has 0 aromatic heterocycles. The van der Waals surface area contributed by atoms with Crippen LogP contribution in [0.1, 0.15) is 36.7 Å². The minimum absolute atomic E-state index is 0.0552. The number of methoxy groups -OCH3 is 3. The van der Waals surface area contributed by atoms with Gasteiger partial charge in [0.2, 0.25) is 5.76 Å². The summed E-state index contributed by atoms with van der Waals surface area (Å²) in [5, 5.41) is 0. The van der Waals surface area contributed by atoms with Crippen LogP contribution in [0.25, 0.3) is 0 Å². The molecule has 0 saturated carbocycles. The van der Waals surface area contributed by atoms with Crippen molar-refractivity contribution in [1.29, 1.82) is 0 Å². The van der Waals surface area contributed by atoms with Gasteiger partial charge in [-0.15, -0.1) is 0 Å². The second-order valence-corrected chi connectivity index (χ2v) is 7.57. The Morgan fingerprint density at radius 3 is 2.16 bits per heavy atom. The summed E-state index contributed by atoms with van der Waals surface area (Å²) in [7, 11) is 4.15. The molecular formula is C24H28O8. The zero-order valence-corrected chi connectivity index (χ0v) is 19.1. The number of rotatable bonds is 9. The molecule has 0 amide bonds. The molecule has 0 N–H and O–H groups in total. The van der Waals surface area contributed by atoms with E-state index >= 15 is 0 Å². The second-order valence-electron chi connectivity index (χ2n) is 7.57. The van der Waals surface area contributed by atoms with Gasteiger partial charge in [0.05, 0.1) is 21.3 Å². The van der Waals surface area contributed by atoms with Crippen molar-refractivity contribution in [2.24, 2.45) is 0 Å². The molecule has 2 aromatic carbocycles. The topological polar surface area (TPSA) is 89.5 Å². The van der Waals surface area contributed by atoms with Crippen LogP contribution in [0.2, 0.25) is 0 Å². The molecule has 0 saturated heterocycles. The lowest BCUT2D eigenvalue weighted by Gasteiger charge is -2.22. The van der Waals surface area contributed by atoms with E-state index in [1.165, 1.54) is 14.2 Å². The van der Waals surface area contributed by atoms with Crippen LogP contribution in [0, 0.1) is 0 Å². The lowest BCUT2D eigenvalue weighted by molar-refractivity contribution is -0.138. The summed E-state index contributed by atoms with van der Waals surface area (Å²) in [4.78, 5) is 25.1. The first-order chi connectivity index (χ1) is 15.2. The molecule has 0 bridgehead atoms. The van der Waals surface area contributed by atoms with Gasteiger partial charge in [-0.3, -0.25) is 0 Å². The Bertz CT molecular complexity index is 955.